The monoisotopic (exact) mass is 411 g/mol. The lowest BCUT2D eigenvalue weighted by Gasteiger charge is -2.37. The fraction of sp³-hybridized carbons (Fsp3) is 0.409. The van der Waals surface area contributed by atoms with Gasteiger partial charge in [-0.3, -0.25) is 19.1 Å². The summed E-state index contributed by atoms with van der Waals surface area (Å²) in [7, 11) is 0. The van der Waals surface area contributed by atoms with Crippen LogP contribution in [0.25, 0.3) is 11.0 Å². The molecule has 3 heterocycles. The van der Waals surface area contributed by atoms with Gasteiger partial charge in [-0.2, -0.15) is 0 Å². The summed E-state index contributed by atoms with van der Waals surface area (Å²) in [5, 5.41) is 1.97. The average Bonchev–Trinajstić information content (AvgIpc) is 3.37. The van der Waals surface area contributed by atoms with Crippen LogP contribution < -0.4 is 4.90 Å². The Bertz CT molecular complexity index is 1010. The SMILES string of the molecule is CCCCCN1C(=O)[C@H](C(=O)OCC)[C@@H](c2cccs2)n2c1nc1ccccc12. The van der Waals surface area contributed by atoms with Crippen molar-refractivity contribution in [1.82, 2.24) is 9.55 Å². The van der Waals surface area contributed by atoms with E-state index < -0.39 is 17.9 Å². The van der Waals surface area contributed by atoms with E-state index in [1.807, 2.05) is 41.8 Å². The normalized spacial score (nSPS) is 18.8. The van der Waals surface area contributed by atoms with Crippen LogP contribution in [-0.4, -0.2) is 34.6 Å². The van der Waals surface area contributed by atoms with Crippen molar-refractivity contribution in [1.29, 1.82) is 0 Å². The fourth-order valence-corrected chi connectivity index (χ4v) is 4.84. The molecule has 0 aliphatic carbocycles. The second-order valence-electron chi connectivity index (χ2n) is 7.16. The predicted octanol–water partition coefficient (Wildman–Crippen LogP) is 4.40. The summed E-state index contributed by atoms with van der Waals surface area (Å²) in [4.78, 5) is 33.9. The summed E-state index contributed by atoms with van der Waals surface area (Å²) in [5.74, 6) is -0.993. The zero-order valence-electron chi connectivity index (χ0n) is 16.7. The third kappa shape index (κ3) is 3.44. The number of fused-ring (bicyclic) bond motifs is 3. The van der Waals surface area contributed by atoms with E-state index in [9.17, 15) is 9.59 Å². The van der Waals surface area contributed by atoms with Gasteiger partial charge in [0.25, 0.3) is 0 Å². The number of thiophene rings is 1. The largest absolute Gasteiger partial charge is 0.465 e. The highest BCUT2D eigenvalue weighted by Gasteiger charge is 2.48. The molecular formula is C22H25N3O3S. The molecule has 7 heteroatoms. The molecule has 0 radical (unpaired) electrons. The number of anilines is 1. The van der Waals surface area contributed by atoms with E-state index in [4.69, 9.17) is 9.72 Å². The molecule has 1 aromatic carbocycles. The smallest absolute Gasteiger partial charge is 0.321 e. The van der Waals surface area contributed by atoms with Crippen LogP contribution in [0.15, 0.2) is 41.8 Å². The number of benzene rings is 1. The van der Waals surface area contributed by atoms with Gasteiger partial charge in [-0.1, -0.05) is 38.0 Å². The first kappa shape index (κ1) is 19.6. The Morgan fingerprint density at radius 1 is 1.17 bits per heavy atom. The maximum atomic E-state index is 13.6. The van der Waals surface area contributed by atoms with Crippen LogP contribution >= 0.6 is 11.3 Å². The molecule has 0 fully saturated rings. The summed E-state index contributed by atoms with van der Waals surface area (Å²) < 4.78 is 7.39. The summed E-state index contributed by atoms with van der Waals surface area (Å²) in [6.45, 7) is 4.68. The Labute approximate surface area is 174 Å². The van der Waals surface area contributed by atoms with Crippen LogP contribution in [0.3, 0.4) is 0 Å². The number of esters is 1. The zero-order valence-corrected chi connectivity index (χ0v) is 17.5. The van der Waals surface area contributed by atoms with Crippen LogP contribution in [0, 0.1) is 5.92 Å². The highest BCUT2D eigenvalue weighted by molar-refractivity contribution is 7.10. The van der Waals surface area contributed by atoms with Crippen molar-refractivity contribution >= 4 is 40.2 Å². The lowest BCUT2D eigenvalue weighted by atomic mass is 9.93. The first-order valence-corrected chi connectivity index (χ1v) is 11.0. The second kappa shape index (κ2) is 8.37. The van der Waals surface area contributed by atoms with Gasteiger partial charge in [0.15, 0.2) is 5.92 Å². The maximum Gasteiger partial charge on any atom is 0.321 e. The van der Waals surface area contributed by atoms with Gasteiger partial charge >= 0.3 is 5.97 Å². The van der Waals surface area contributed by atoms with Gasteiger partial charge in [-0.25, -0.2) is 4.98 Å². The molecule has 2 atom stereocenters. The predicted molar refractivity (Wildman–Crippen MR) is 114 cm³/mol. The van der Waals surface area contributed by atoms with Crippen molar-refractivity contribution in [3.8, 4) is 0 Å². The van der Waals surface area contributed by atoms with E-state index in [1.54, 1.807) is 23.2 Å². The number of imidazole rings is 1. The third-order valence-corrected chi connectivity index (χ3v) is 6.25. The number of rotatable bonds is 7. The van der Waals surface area contributed by atoms with Crippen molar-refractivity contribution in [2.45, 2.75) is 39.2 Å². The molecule has 1 aliphatic heterocycles. The van der Waals surface area contributed by atoms with Crippen LogP contribution in [0.4, 0.5) is 5.95 Å². The van der Waals surface area contributed by atoms with Crippen molar-refractivity contribution in [3.63, 3.8) is 0 Å². The molecule has 0 saturated carbocycles. The summed E-state index contributed by atoms with van der Waals surface area (Å²) in [6.07, 6.45) is 2.94. The number of amides is 1. The molecule has 0 unspecified atom stereocenters. The number of unbranched alkanes of at least 4 members (excludes halogenated alkanes) is 2. The molecule has 152 valence electrons. The minimum atomic E-state index is -0.916. The standard InChI is InChI=1S/C22H25N3O3S/c1-3-5-8-13-24-20(26)18(21(27)28-4-2)19(17-12-9-14-29-17)25-16-11-7-6-10-15(16)23-22(24)25/h6-7,9-12,14,18-19H,3-5,8,13H2,1-2H3/t18-,19-/m1/s1. The number of nitrogens with zero attached hydrogens (tertiary/aromatic N) is 3. The average molecular weight is 412 g/mol. The molecule has 0 spiro atoms. The van der Waals surface area contributed by atoms with Crippen molar-refractivity contribution < 1.29 is 14.3 Å². The number of carbonyl (C=O) groups excluding carboxylic acids is 2. The van der Waals surface area contributed by atoms with Crippen molar-refractivity contribution in [2.75, 3.05) is 18.1 Å². The number of hydrogen-bond acceptors (Lipinski definition) is 5. The third-order valence-electron chi connectivity index (χ3n) is 5.31. The number of para-hydroxylation sites is 2. The summed E-state index contributed by atoms with van der Waals surface area (Å²) >= 11 is 1.54. The van der Waals surface area contributed by atoms with Gasteiger partial charge in [0, 0.05) is 11.4 Å². The van der Waals surface area contributed by atoms with Gasteiger partial charge in [-0.15, -0.1) is 11.3 Å². The minimum Gasteiger partial charge on any atom is -0.465 e. The zero-order chi connectivity index (χ0) is 20.4. The van der Waals surface area contributed by atoms with Crippen LogP contribution in [0.5, 0.6) is 0 Å². The van der Waals surface area contributed by atoms with E-state index in [2.05, 4.69) is 11.5 Å². The van der Waals surface area contributed by atoms with Gasteiger partial charge in [-0.05, 0) is 36.9 Å². The van der Waals surface area contributed by atoms with E-state index >= 15 is 0 Å². The molecule has 6 nitrogen and oxygen atoms in total. The van der Waals surface area contributed by atoms with Gasteiger partial charge < -0.3 is 4.74 Å². The molecule has 2 aromatic heterocycles. The fourth-order valence-electron chi connectivity index (χ4n) is 3.99. The Morgan fingerprint density at radius 3 is 2.72 bits per heavy atom. The van der Waals surface area contributed by atoms with E-state index in [1.165, 1.54) is 0 Å². The van der Waals surface area contributed by atoms with Crippen molar-refractivity contribution in [2.24, 2.45) is 5.92 Å². The molecule has 1 amide bonds. The molecule has 0 N–H and O–H groups in total. The van der Waals surface area contributed by atoms with Gasteiger partial charge in [0.05, 0.1) is 23.7 Å². The van der Waals surface area contributed by atoms with E-state index in [0.29, 0.717) is 12.5 Å². The molecule has 4 rings (SSSR count). The summed E-state index contributed by atoms with van der Waals surface area (Å²) in [6, 6.07) is 11.3. The van der Waals surface area contributed by atoms with Crippen molar-refractivity contribution in [3.05, 3.63) is 46.7 Å². The highest BCUT2D eigenvalue weighted by Crippen LogP contribution is 2.42. The van der Waals surface area contributed by atoms with Crippen LogP contribution in [0.2, 0.25) is 0 Å². The Kier molecular flexibility index (Phi) is 5.67. The Morgan fingerprint density at radius 2 is 2.00 bits per heavy atom. The molecular weight excluding hydrogens is 386 g/mol. The van der Waals surface area contributed by atoms with E-state index in [0.717, 1.165) is 35.2 Å². The summed E-state index contributed by atoms with van der Waals surface area (Å²) in [5.41, 5.74) is 1.74. The first-order chi connectivity index (χ1) is 14.2. The number of aromatic nitrogens is 2. The van der Waals surface area contributed by atoms with Gasteiger partial charge in [0.2, 0.25) is 11.9 Å². The molecule has 0 bridgehead atoms. The van der Waals surface area contributed by atoms with Gasteiger partial charge in [0.1, 0.15) is 0 Å². The topological polar surface area (TPSA) is 64.4 Å². The first-order valence-electron chi connectivity index (χ1n) is 10.2. The Hall–Kier alpha value is -2.67. The molecule has 3 aromatic rings. The molecule has 1 aliphatic rings. The minimum absolute atomic E-state index is 0.222. The highest BCUT2D eigenvalue weighted by atomic mass is 32.1. The van der Waals surface area contributed by atoms with Crippen LogP contribution in [0.1, 0.15) is 44.0 Å². The number of ether oxygens (including phenoxy) is 1. The lowest BCUT2D eigenvalue weighted by Crippen LogP contribution is -2.50. The Balaban J connectivity index is 1.91. The van der Waals surface area contributed by atoms with E-state index in [-0.39, 0.29) is 12.5 Å². The number of hydrogen-bond donors (Lipinski definition) is 0. The second-order valence-corrected chi connectivity index (χ2v) is 8.14. The quantitative estimate of drug-likeness (QED) is 0.328. The maximum absolute atomic E-state index is 13.6. The number of carbonyl (C=O) groups is 2. The lowest BCUT2D eigenvalue weighted by molar-refractivity contribution is -0.153. The molecule has 29 heavy (non-hydrogen) atoms. The molecule has 0 saturated heterocycles. The van der Waals surface area contributed by atoms with Crippen LogP contribution in [-0.2, 0) is 14.3 Å².